The van der Waals surface area contributed by atoms with E-state index in [1.807, 2.05) is 24.0 Å². The molecule has 7 nitrogen and oxygen atoms in total. The second-order valence-corrected chi connectivity index (χ2v) is 7.65. The van der Waals surface area contributed by atoms with Crippen molar-refractivity contribution in [1.82, 2.24) is 15.1 Å². The number of rotatable bonds is 3. The van der Waals surface area contributed by atoms with Gasteiger partial charge in [-0.15, -0.1) is 0 Å². The first-order valence-corrected chi connectivity index (χ1v) is 9.52. The molecule has 3 aliphatic heterocycles. The third-order valence-corrected chi connectivity index (χ3v) is 5.98. The number of aliphatic imine (C=N–C) groups is 1. The van der Waals surface area contributed by atoms with Crippen LogP contribution in [0.3, 0.4) is 0 Å². The first-order chi connectivity index (χ1) is 13.6. The summed E-state index contributed by atoms with van der Waals surface area (Å²) in [4.78, 5) is 33.3. The SMILES string of the molecule is C=CC(=O)N1CC(C2=NC3=C(CCN(c4c(C)ccc5[nH]ncc45)C3=O)C2)C1. The molecule has 1 aromatic heterocycles. The molecule has 1 fully saturated rings. The van der Waals surface area contributed by atoms with Crippen molar-refractivity contribution in [3.63, 3.8) is 0 Å². The average Bonchev–Trinajstić information content (AvgIpc) is 3.28. The van der Waals surface area contributed by atoms with Crippen LogP contribution in [0.25, 0.3) is 10.9 Å². The number of aromatic nitrogens is 2. The van der Waals surface area contributed by atoms with Gasteiger partial charge in [0.15, 0.2) is 0 Å². The number of carbonyl (C=O) groups excluding carboxylic acids is 2. The van der Waals surface area contributed by atoms with Crippen LogP contribution in [0.15, 0.2) is 47.2 Å². The number of nitrogens with one attached hydrogen (secondary N) is 1. The summed E-state index contributed by atoms with van der Waals surface area (Å²) in [5, 5.41) is 8.06. The average molecular weight is 375 g/mol. The van der Waals surface area contributed by atoms with Gasteiger partial charge in [-0.3, -0.25) is 19.7 Å². The lowest BCUT2D eigenvalue weighted by Crippen LogP contribution is -2.52. The van der Waals surface area contributed by atoms with Crippen molar-refractivity contribution in [2.75, 3.05) is 24.5 Å². The number of hydrogen-bond donors (Lipinski definition) is 1. The number of nitrogens with zero attached hydrogens (tertiary/aromatic N) is 4. The highest BCUT2D eigenvalue weighted by molar-refractivity contribution is 6.14. The molecular weight excluding hydrogens is 354 g/mol. The lowest BCUT2D eigenvalue weighted by molar-refractivity contribution is -0.130. The summed E-state index contributed by atoms with van der Waals surface area (Å²) in [7, 11) is 0. The zero-order chi connectivity index (χ0) is 19.4. The van der Waals surface area contributed by atoms with E-state index in [0.29, 0.717) is 25.3 Å². The number of hydrogen-bond acceptors (Lipinski definition) is 4. The Labute approximate surface area is 162 Å². The molecule has 7 heteroatoms. The number of aryl methyl sites for hydroxylation is 1. The maximum atomic E-state index is 13.3. The van der Waals surface area contributed by atoms with Gasteiger partial charge in [0.1, 0.15) is 5.70 Å². The van der Waals surface area contributed by atoms with E-state index in [-0.39, 0.29) is 17.7 Å². The third-order valence-electron chi connectivity index (χ3n) is 5.98. The van der Waals surface area contributed by atoms with E-state index in [4.69, 9.17) is 4.99 Å². The van der Waals surface area contributed by atoms with Gasteiger partial charge in [0.2, 0.25) is 5.91 Å². The fourth-order valence-corrected chi connectivity index (χ4v) is 4.36. The molecule has 142 valence electrons. The molecule has 0 bridgehead atoms. The van der Waals surface area contributed by atoms with Crippen LogP contribution in [0.2, 0.25) is 0 Å². The van der Waals surface area contributed by atoms with Crippen molar-refractivity contribution in [3.05, 3.63) is 47.8 Å². The number of likely N-dealkylation sites (tertiary alicyclic amines) is 1. The van der Waals surface area contributed by atoms with Crippen LogP contribution in [-0.2, 0) is 9.59 Å². The van der Waals surface area contributed by atoms with E-state index in [2.05, 4.69) is 16.8 Å². The molecule has 0 saturated carbocycles. The summed E-state index contributed by atoms with van der Waals surface area (Å²) in [5.74, 6) is 0.166. The number of fused-ring (bicyclic) bond motifs is 1. The van der Waals surface area contributed by atoms with Crippen LogP contribution in [0, 0.1) is 12.8 Å². The molecule has 4 heterocycles. The fraction of sp³-hybridized carbons (Fsp3) is 0.333. The van der Waals surface area contributed by atoms with Crippen LogP contribution in [0.5, 0.6) is 0 Å². The number of benzene rings is 1. The van der Waals surface area contributed by atoms with E-state index < -0.39 is 0 Å². The van der Waals surface area contributed by atoms with Gasteiger partial charge >= 0.3 is 0 Å². The van der Waals surface area contributed by atoms with Crippen LogP contribution >= 0.6 is 0 Å². The molecule has 28 heavy (non-hydrogen) atoms. The predicted molar refractivity (Wildman–Crippen MR) is 107 cm³/mol. The molecule has 3 aliphatic rings. The van der Waals surface area contributed by atoms with Gasteiger partial charge in [-0.25, -0.2) is 0 Å². The maximum Gasteiger partial charge on any atom is 0.276 e. The summed E-state index contributed by atoms with van der Waals surface area (Å²) in [6, 6.07) is 3.99. The quantitative estimate of drug-likeness (QED) is 0.836. The minimum Gasteiger partial charge on any atom is -0.338 e. The second-order valence-electron chi connectivity index (χ2n) is 7.65. The Balaban J connectivity index is 1.40. The summed E-state index contributed by atoms with van der Waals surface area (Å²) in [6.45, 7) is 7.52. The molecular formula is C21H21N5O2. The number of H-pyrrole nitrogens is 1. The Bertz CT molecular complexity index is 1090. The number of amides is 2. The van der Waals surface area contributed by atoms with Crippen molar-refractivity contribution in [1.29, 1.82) is 0 Å². The molecule has 0 radical (unpaired) electrons. The highest BCUT2D eigenvalue weighted by Crippen LogP contribution is 2.38. The highest BCUT2D eigenvalue weighted by atomic mass is 16.2. The second kappa shape index (κ2) is 6.15. The van der Waals surface area contributed by atoms with Crippen LogP contribution < -0.4 is 4.90 Å². The summed E-state index contributed by atoms with van der Waals surface area (Å²) in [5.41, 5.74) is 5.64. The Kier molecular flexibility index (Phi) is 3.72. The van der Waals surface area contributed by atoms with E-state index in [1.165, 1.54) is 6.08 Å². The Morgan fingerprint density at radius 3 is 2.96 bits per heavy atom. The lowest BCUT2D eigenvalue weighted by atomic mass is 9.90. The number of anilines is 1. The molecule has 0 atom stereocenters. The van der Waals surface area contributed by atoms with Gasteiger partial charge in [-0.05, 0) is 36.6 Å². The minimum atomic E-state index is -0.0431. The molecule has 0 aliphatic carbocycles. The van der Waals surface area contributed by atoms with Crippen molar-refractivity contribution in [2.45, 2.75) is 19.8 Å². The molecule has 2 amide bonds. The number of carbonyl (C=O) groups is 2. The van der Waals surface area contributed by atoms with Gasteiger partial charge in [0.05, 0.1) is 17.4 Å². The summed E-state index contributed by atoms with van der Waals surface area (Å²) >= 11 is 0. The van der Waals surface area contributed by atoms with Crippen molar-refractivity contribution >= 4 is 34.1 Å². The van der Waals surface area contributed by atoms with Gasteiger partial charge < -0.3 is 9.80 Å². The normalized spacial score (nSPS) is 19.8. The lowest BCUT2D eigenvalue weighted by Gasteiger charge is -2.38. The Hall–Kier alpha value is -3.22. The van der Waals surface area contributed by atoms with Crippen LogP contribution in [-0.4, -0.2) is 52.3 Å². The summed E-state index contributed by atoms with van der Waals surface area (Å²) in [6.07, 6.45) is 4.70. The Morgan fingerprint density at radius 1 is 1.36 bits per heavy atom. The third kappa shape index (κ3) is 2.42. The molecule has 1 saturated heterocycles. The monoisotopic (exact) mass is 375 g/mol. The Morgan fingerprint density at radius 2 is 2.18 bits per heavy atom. The largest absolute Gasteiger partial charge is 0.338 e. The van der Waals surface area contributed by atoms with Gasteiger partial charge in [-0.2, -0.15) is 5.10 Å². The van der Waals surface area contributed by atoms with Gasteiger partial charge in [-0.1, -0.05) is 12.6 Å². The molecule has 0 spiro atoms. The van der Waals surface area contributed by atoms with Crippen LogP contribution in [0.4, 0.5) is 5.69 Å². The standard InChI is InChI=1S/C21H21N5O2/c1-3-18(27)25-10-14(11-25)17-8-13-6-7-26(21(28)19(13)23-17)20-12(2)4-5-16-15(20)9-22-24-16/h3-5,9,14H,1,6-8,10-11H2,2H3,(H,22,24). The zero-order valence-corrected chi connectivity index (χ0v) is 15.7. The van der Waals surface area contributed by atoms with Crippen molar-refractivity contribution < 1.29 is 9.59 Å². The highest BCUT2D eigenvalue weighted by Gasteiger charge is 2.39. The fourth-order valence-electron chi connectivity index (χ4n) is 4.36. The van der Waals surface area contributed by atoms with Crippen LogP contribution in [0.1, 0.15) is 18.4 Å². The van der Waals surface area contributed by atoms with E-state index in [9.17, 15) is 9.59 Å². The van der Waals surface area contributed by atoms with Crippen molar-refractivity contribution in [2.24, 2.45) is 10.9 Å². The minimum absolute atomic E-state index is 0.0357. The molecule has 1 aromatic carbocycles. The smallest absolute Gasteiger partial charge is 0.276 e. The first-order valence-electron chi connectivity index (χ1n) is 9.52. The van der Waals surface area contributed by atoms with Gasteiger partial charge in [0, 0.05) is 43.1 Å². The van der Waals surface area contributed by atoms with E-state index >= 15 is 0 Å². The van der Waals surface area contributed by atoms with E-state index in [0.717, 1.165) is 46.3 Å². The zero-order valence-electron chi connectivity index (χ0n) is 15.7. The van der Waals surface area contributed by atoms with E-state index in [1.54, 1.807) is 11.1 Å². The summed E-state index contributed by atoms with van der Waals surface area (Å²) < 4.78 is 0. The molecule has 1 N–H and O–H groups in total. The van der Waals surface area contributed by atoms with Gasteiger partial charge in [0.25, 0.3) is 5.91 Å². The number of aromatic amines is 1. The molecule has 5 rings (SSSR count). The van der Waals surface area contributed by atoms with Crippen molar-refractivity contribution in [3.8, 4) is 0 Å². The first kappa shape index (κ1) is 16.9. The molecule has 0 unspecified atom stereocenters. The maximum absolute atomic E-state index is 13.3. The topological polar surface area (TPSA) is 81.7 Å². The predicted octanol–water partition coefficient (Wildman–Crippen LogP) is 2.35. The molecule has 2 aromatic rings.